The van der Waals surface area contributed by atoms with E-state index in [9.17, 15) is 9.59 Å². The third-order valence-corrected chi connectivity index (χ3v) is 2.62. The molecule has 0 saturated heterocycles. The van der Waals surface area contributed by atoms with E-state index in [1.165, 1.54) is 6.20 Å². The number of methoxy groups -OCH3 is 1. The zero-order chi connectivity index (χ0) is 13.7. The molecule has 0 spiro atoms. The first-order valence-corrected chi connectivity index (χ1v) is 5.79. The van der Waals surface area contributed by atoms with Crippen molar-refractivity contribution in [2.45, 2.75) is 6.42 Å². The molecule has 0 unspecified atom stereocenters. The number of ether oxygens (including phenoxy) is 1. The first-order chi connectivity index (χ1) is 9.19. The first-order valence-electron chi connectivity index (χ1n) is 5.79. The zero-order valence-electron chi connectivity index (χ0n) is 10.5. The summed E-state index contributed by atoms with van der Waals surface area (Å²) in [5, 5.41) is 2.57. The summed E-state index contributed by atoms with van der Waals surface area (Å²) in [6.07, 6.45) is 1.72. The summed E-state index contributed by atoms with van der Waals surface area (Å²) in [7, 11) is 1.59. The second-order valence-electron chi connectivity index (χ2n) is 3.99. The fourth-order valence-electron chi connectivity index (χ4n) is 1.64. The Balaban J connectivity index is 2.01. The minimum absolute atomic E-state index is 0.207. The summed E-state index contributed by atoms with van der Waals surface area (Å²) in [5.74, 6) is 0.505. The maximum atomic E-state index is 11.8. The van der Waals surface area contributed by atoms with Gasteiger partial charge in [-0.25, -0.2) is 0 Å². The molecule has 2 rings (SSSR count). The van der Waals surface area contributed by atoms with Crippen molar-refractivity contribution in [3.05, 3.63) is 58.5 Å². The van der Waals surface area contributed by atoms with Gasteiger partial charge in [-0.2, -0.15) is 0 Å². The van der Waals surface area contributed by atoms with Crippen LogP contribution in [0.3, 0.4) is 0 Å². The van der Waals surface area contributed by atoms with Gasteiger partial charge in [-0.1, -0.05) is 12.1 Å². The van der Waals surface area contributed by atoms with E-state index in [4.69, 9.17) is 4.74 Å². The van der Waals surface area contributed by atoms with E-state index in [-0.39, 0.29) is 23.6 Å². The van der Waals surface area contributed by atoms with Crippen LogP contribution in [0.25, 0.3) is 0 Å². The lowest BCUT2D eigenvalue weighted by Crippen LogP contribution is -2.20. The molecule has 0 atom stereocenters. The third kappa shape index (κ3) is 3.45. The number of aromatic nitrogens is 1. The van der Waals surface area contributed by atoms with Gasteiger partial charge < -0.3 is 15.0 Å². The number of amides is 1. The van der Waals surface area contributed by atoms with Crippen molar-refractivity contribution in [1.29, 1.82) is 0 Å². The van der Waals surface area contributed by atoms with Crippen LogP contribution >= 0.6 is 0 Å². The Morgan fingerprint density at radius 1 is 1.26 bits per heavy atom. The van der Waals surface area contributed by atoms with E-state index in [0.717, 1.165) is 11.3 Å². The molecular formula is C14H14N2O3. The second-order valence-corrected chi connectivity index (χ2v) is 3.99. The SMILES string of the molecule is COc1ccc(CC(=O)Nc2ccc[nH]c2=O)cc1. The Bertz CT molecular complexity index is 617. The number of hydrogen-bond donors (Lipinski definition) is 2. The highest BCUT2D eigenvalue weighted by atomic mass is 16.5. The molecule has 1 heterocycles. The molecule has 19 heavy (non-hydrogen) atoms. The summed E-state index contributed by atoms with van der Waals surface area (Å²) in [6.45, 7) is 0. The average molecular weight is 258 g/mol. The van der Waals surface area contributed by atoms with Gasteiger partial charge in [0, 0.05) is 6.20 Å². The van der Waals surface area contributed by atoms with Crippen molar-refractivity contribution in [1.82, 2.24) is 4.98 Å². The summed E-state index contributed by atoms with van der Waals surface area (Å²) in [4.78, 5) is 25.7. The van der Waals surface area contributed by atoms with Crippen LogP contribution in [0.15, 0.2) is 47.4 Å². The van der Waals surface area contributed by atoms with E-state index >= 15 is 0 Å². The summed E-state index contributed by atoms with van der Waals surface area (Å²) >= 11 is 0. The summed E-state index contributed by atoms with van der Waals surface area (Å²) < 4.78 is 5.04. The molecule has 0 bridgehead atoms. The number of carbonyl (C=O) groups is 1. The van der Waals surface area contributed by atoms with E-state index in [2.05, 4.69) is 10.3 Å². The van der Waals surface area contributed by atoms with E-state index in [0.29, 0.717) is 0 Å². The van der Waals surface area contributed by atoms with Crippen molar-refractivity contribution in [2.75, 3.05) is 12.4 Å². The van der Waals surface area contributed by atoms with Crippen molar-refractivity contribution < 1.29 is 9.53 Å². The second kappa shape index (κ2) is 5.86. The van der Waals surface area contributed by atoms with Crippen LogP contribution in [-0.4, -0.2) is 18.0 Å². The van der Waals surface area contributed by atoms with E-state index in [1.54, 1.807) is 31.4 Å². The molecule has 0 aliphatic rings. The number of anilines is 1. The van der Waals surface area contributed by atoms with Crippen LogP contribution in [0, 0.1) is 0 Å². The van der Waals surface area contributed by atoms with E-state index in [1.807, 2.05) is 12.1 Å². The predicted molar refractivity (Wildman–Crippen MR) is 72.4 cm³/mol. The van der Waals surface area contributed by atoms with Gasteiger partial charge >= 0.3 is 0 Å². The zero-order valence-corrected chi connectivity index (χ0v) is 10.5. The van der Waals surface area contributed by atoms with Crippen LogP contribution < -0.4 is 15.6 Å². The third-order valence-electron chi connectivity index (χ3n) is 2.62. The molecule has 1 amide bonds. The van der Waals surface area contributed by atoms with Crippen molar-refractivity contribution >= 4 is 11.6 Å². The van der Waals surface area contributed by atoms with Crippen molar-refractivity contribution in [3.63, 3.8) is 0 Å². The lowest BCUT2D eigenvalue weighted by molar-refractivity contribution is -0.115. The van der Waals surface area contributed by atoms with Gasteiger partial charge in [0.25, 0.3) is 5.56 Å². The lowest BCUT2D eigenvalue weighted by Gasteiger charge is -2.05. The van der Waals surface area contributed by atoms with Crippen LogP contribution in [-0.2, 0) is 11.2 Å². The molecule has 1 aromatic carbocycles. The molecule has 98 valence electrons. The molecule has 0 aliphatic heterocycles. The molecule has 2 aromatic rings. The molecule has 1 aromatic heterocycles. The van der Waals surface area contributed by atoms with Gasteiger partial charge in [-0.05, 0) is 29.8 Å². The monoisotopic (exact) mass is 258 g/mol. The topological polar surface area (TPSA) is 71.2 Å². The number of pyridine rings is 1. The molecule has 5 heteroatoms. The van der Waals surface area contributed by atoms with Gasteiger partial charge in [0.15, 0.2) is 0 Å². The molecule has 0 saturated carbocycles. The Morgan fingerprint density at radius 2 is 2.00 bits per heavy atom. The van der Waals surface area contributed by atoms with E-state index < -0.39 is 0 Å². The van der Waals surface area contributed by atoms with Crippen LogP contribution in [0.2, 0.25) is 0 Å². The fraction of sp³-hybridized carbons (Fsp3) is 0.143. The number of aromatic amines is 1. The quantitative estimate of drug-likeness (QED) is 0.874. The largest absolute Gasteiger partial charge is 0.497 e. The number of carbonyl (C=O) groups excluding carboxylic acids is 1. The number of rotatable bonds is 4. The Morgan fingerprint density at radius 3 is 2.63 bits per heavy atom. The Kier molecular flexibility index (Phi) is 3.97. The van der Waals surface area contributed by atoms with Crippen LogP contribution in [0.5, 0.6) is 5.75 Å². The molecule has 0 aliphatic carbocycles. The average Bonchev–Trinajstić information content (AvgIpc) is 2.42. The normalized spacial score (nSPS) is 9.95. The molecular weight excluding hydrogens is 244 g/mol. The predicted octanol–water partition coefficient (Wildman–Crippen LogP) is 1.56. The molecule has 5 nitrogen and oxygen atoms in total. The number of benzene rings is 1. The van der Waals surface area contributed by atoms with Crippen LogP contribution in [0.4, 0.5) is 5.69 Å². The Labute approximate surface area is 110 Å². The molecule has 0 fully saturated rings. The standard InChI is InChI=1S/C14H14N2O3/c1-19-11-6-4-10(5-7-11)9-13(17)16-12-3-2-8-15-14(12)18/h2-8H,9H2,1H3,(H,15,18)(H,16,17). The number of nitrogens with one attached hydrogen (secondary N) is 2. The Hall–Kier alpha value is -2.56. The summed E-state index contributed by atoms with van der Waals surface area (Å²) in [6, 6.07) is 10.4. The highest BCUT2D eigenvalue weighted by Crippen LogP contribution is 2.12. The highest BCUT2D eigenvalue weighted by molar-refractivity contribution is 5.92. The lowest BCUT2D eigenvalue weighted by atomic mass is 10.1. The van der Waals surface area contributed by atoms with Gasteiger partial charge in [0.05, 0.1) is 13.5 Å². The maximum absolute atomic E-state index is 11.8. The molecule has 0 radical (unpaired) electrons. The van der Waals surface area contributed by atoms with Gasteiger partial charge in [-0.15, -0.1) is 0 Å². The minimum atomic E-state index is -0.314. The molecule has 2 N–H and O–H groups in total. The minimum Gasteiger partial charge on any atom is -0.497 e. The smallest absolute Gasteiger partial charge is 0.271 e. The maximum Gasteiger partial charge on any atom is 0.271 e. The fourth-order valence-corrected chi connectivity index (χ4v) is 1.64. The highest BCUT2D eigenvalue weighted by Gasteiger charge is 2.06. The first kappa shape index (κ1) is 12.9. The van der Waals surface area contributed by atoms with Crippen molar-refractivity contribution in [3.8, 4) is 5.75 Å². The van der Waals surface area contributed by atoms with Gasteiger partial charge in [-0.3, -0.25) is 9.59 Å². The number of hydrogen-bond acceptors (Lipinski definition) is 3. The van der Waals surface area contributed by atoms with Gasteiger partial charge in [0.1, 0.15) is 11.4 Å². The van der Waals surface area contributed by atoms with Gasteiger partial charge in [0.2, 0.25) is 5.91 Å². The number of H-pyrrole nitrogens is 1. The van der Waals surface area contributed by atoms with Crippen LogP contribution in [0.1, 0.15) is 5.56 Å². The van der Waals surface area contributed by atoms with Crippen molar-refractivity contribution in [2.24, 2.45) is 0 Å². The summed E-state index contributed by atoms with van der Waals surface area (Å²) in [5.41, 5.74) is 0.789.